The van der Waals surface area contributed by atoms with Crippen LogP contribution in [0.2, 0.25) is 0 Å². The molecular weight excluding hydrogens is 501 g/mol. The van der Waals surface area contributed by atoms with E-state index in [1.165, 1.54) is 21.5 Å². The van der Waals surface area contributed by atoms with Crippen LogP contribution in [0.15, 0.2) is 45.5 Å². The Morgan fingerprint density at radius 1 is 1.27 bits per heavy atom. The number of halogens is 2. The SMILES string of the molecule is Cc1onc(C(=O)Nc2nn(Cc3ccccc3F)cc2Br)c1Cn1nc([N+](=O)[O-])cc1C. The van der Waals surface area contributed by atoms with Crippen LogP contribution in [-0.2, 0) is 13.1 Å². The number of carbonyl (C=O) groups excluding carboxylic acids is 1. The molecule has 33 heavy (non-hydrogen) atoms. The van der Waals surface area contributed by atoms with Crippen molar-refractivity contribution in [3.8, 4) is 0 Å². The molecule has 0 saturated carbocycles. The number of rotatable bonds is 7. The lowest BCUT2D eigenvalue weighted by Gasteiger charge is -2.04. The topological polar surface area (TPSA) is 134 Å². The monoisotopic (exact) mass is 517 g/mol. The van der Waals surface area contributed by atoms with E-state index in [0.717, 1.165) is 0 Å². The molecule has 1 aromatic carbocycles. The maximum Gasteiger partial charge on any atom is 0.390 e. The van der Waals surface area contributed by atoms with E-state index in [1.807, 2.05) is 0 Å². The molecule has 0 saturated heterocycles. The van der Waals surface area contributed by atoms with Crippen molar-refractivity contribution in [2.75, 3.05) is 5.32 Å². The van der Waals surface area contributed by atoms with Crippen LogP contribution in [0, 0.1) is 29.8 Å². The predicted octanol–water partition coefficient (Wildman–Crippen LogP) is 3.84. The summed E-state index contributed by atoms with van der Waals surface area (Å²) in [6.07, 6.45) is 1.61. The van der Waals surface area contributed by atoms with Crippen LogP contribution < -0.4 is 5.32 Å². The lowest BCUT2D eigenvalue weighted by atomic mass is 10.2. The lowest BCUT2D eigenvalue weighted by Crippen LogP contribution is -2.17. The van der Waals surface area contributed by atoms with Gasteiger partial charge in [-0.15, -0.1) is 0 Å². The van der Waals surface area contributed by atoms with Crippen LogP contribution in [0.5, 0.6) is 0 Å². The fourth-order valence-corrected chi connectivity index (χ4v) is 3.59. The van der Waals surface area contributed by atoms with Crippen LogP contribution in [-0.4, -0.2) is 35.5 Å². The first-order chi connectivity index (χ1) is 15.7. The molecule has 1 amide bonds. The number of nitrogens with one attached hydrogen (secondary N) is 1. The molecule has 4 aromatic rings. The van der Waals surface area contributed by atoms with Crippen molar-refractivity contribution in [3.05, 3.63) is 85.2 Å². The number of amides is 1. The van der Waals surface area contributed by atoms with Crippen molar-refractivity contribution < 1.29 is 18.6 Å². The van der Waals surface area contributed by atoms with Gasteiger partial charge in [-0.1, -0.05) is 23.4 Å². The Hall–Kier alpha value is -3.87. The second kappa shape index (κ2) is 8.94. The smallest absolute Gasteiger partial charge is 0.361 e. The Morgan fingerprint density at radius 3 is 2.73 bits per heavy atom. The minimum absolute atomic E-state index is 0.000562. The summed E-state index contributed by atoms with van der Waals surface area (Å²) in [6, 6.07) is 7.67. The van der Waals surface area contributed by atoms with Gasteiger partial charge in [-0.2, -0.15) is 9.78 Å². The zero-order valence-electron chi connectivity index (χ0n) is 17.5. The molecule has 13 heteroatoms. The first-order valence-electron chi connectivity index (χ1n) is 9.64. The van der Waals surface area contributed by atoms with E-state index in [9.17, 15) is 19.3 Å². The third-order valence-corrected chi connectivity index (χ3v) is 5.48. The van der Waals surface area contributed by atoms with Crippen molar-refractivity contribution in [1.29, 1.82) is 0 Å². The van der Waals surface area contributed by atoms with E-state index in [-0.39, 0.29) is 36.2 Å². The number of anilines is 1. The highest BCUT2D eigenvalue weighted by Gasteiger charge is 2.25. The molecule has 3 heterocycles. The molecule has 0 unspecified atom stereocenters. The molecule has 0 fully saturated rings. The summed E-state index contributed by atoms with van der Waals surface area (Å²) in [7, 11) is 0. The number of nitro groups is 1. The number of hydrogen-bond acceptors (Lipinski definition) is 7. The highest BCUT2D eigenvalue weighted by atomic mass is 79.9. The van der Waals surface area contributed by atoms with Gasteiger partial charge in [-0.25, -0.2) is 4.39 Å². The van der Waals surface area contributed by atoms with Gasteiger partial charge in [0.2, 0.25) is 0 Å². The number of hydrogen-bond donors (Lipinski definition) is 1. The quantitative estimate of drug-likeness (QED) is 0.290. The van der Waals surface area contributed by atoms with Gasteiger partial charge in [-0.3, -0.25) is 9.48 Å². The average molecular weight is 518 g/mol. The van der Waals surface area contributed by atoms with Crippen LogP contribution in [0.1, 0.15) is 33.1 Å². The molecule has 0 atom stereocenters. The summed E-state index contributed by atoms with van der Waals surface area (Å²) in [5.74, 6) is -0.641. The van der Waals surface area contributed by atoms with Crippen LogP contribution in [0.4, 0.5) is 16.0 Å². The number of carbonyl (C=O) groups is 1. The van der Waals surface area contributed by atoms with Crippen LogP contribution >= 0.6 is 15.9 Å². The van der Waals surface area contributed by atoms with Crippen molar-refractivity contribution >= 4 is 33.5 Å². The molecule has 0 spiro atoms. The zero-order chi connectivity index (χ0) is 23.7. The van der Waals surface area contributed by atoms with Gasteiger partial charge in [0, 0.05) is 11.8 Å². The Morgan fingerprint density at radius 2 is 2.03 bits per heavy atom. The number of nitrogens with zero attached hydrogens (tertiary/aromatic N) is 6. The van der Waals surface area contributed by atoms with E-state index >= 15 is 0 Å². The number of aromatic nitrogens is 5. The Balaban J connectivity index is 1.54. The molecule has 3 aromatic heterocycles. The highest BCUT2D eigenvalue weighted by molar-refractivity contribution is 9.10. The molecule has 0 bridgehead atoms. The Labute approximate surface area is 194 Å². The van der Waals surface area contributed by atoms with E-state index in [1.54, 1.807) is 38.2 Å². The molecule has 11 nitrogen and oxygen atoms in total. The van der Waals surface area contributed by atoms with E-state index in [2.05, 4.69) is 36.6 Å². The van der Waals surface area contributed by atoms with E-state index < -0.39 is 10.8 Å². The molecule has 170 valence electrons. The molecule has 0 aliphatic carbocycles. The van der Waals surface area contributed by atoms with Crippen molar-refractivity contribution in [1.82, 2.24) is 24.7 Å². The van der Waals surface area contributed by atoms with Gasteiger partial charge < -0.3 is 20.0 Å². The summed E-state index contributed by atoms with van der Waals surface area (Å²) in [6.45, 7) is 3.53. The van der Waals surface area contributed by atoms with Gasteiger partial charge in [-0.05, 0) is 40.8 Å². The molecule has 0 aliphatic rings. The maximum absolute atomic E-state index is 13.9. The van der Waals surface area contributed by atoms with E-state index in [0.29, 0.717) is 27.1 Å². The third kappa shape index (κ3) is 4.67. The summed E-state index contributed by atoms with van der Waals surface area (Å²) in [5, 5.41) is 25.7. The Bertz CT molecular complexity index is 1360. The van der Waals surface area contributed by atoms with Crippen molar-refractivity contribution in [3.63, 3.8) is 0 Å². The summed E-state index contributed by atoms with van der Waals surface area (Å²) < 4.78 is 22.5. The standard InChI is InChI=1S/C20H17BrFN7O4/c1-11-7-17(29(31)32)24-28(11)9-14-12(2)33-26-18(14)20(30)23-19-15(21)10-27(25-19)8-13-5-3-4-6-16(13)22/h3-7,10H,8-9H2,1-2H3,(H,23,25,30). The van der Waals surface area contributed by atoms with Gasteiger partial charge in [0.1, 0.15) is 11.6 Å². The number of benzene rings is 1. The minimum atomic E-state index is -0.591. The average Bonchev–Trinajstić information content (AvgIpc) is 3.42. The van der Waals surface area contributed by atoms with Gasteiger partial charge in [0.25, 0.3) is 5.91 Å². The minimum Gasteiger partial charge on any atom is -0.361 e. The summed E-state index contributed by atoms with van der Waals surface area (Å²) >= 11 is 3.34. The maximum atomic E-state index is 13.9. The first-order valence-corrected chi connectivity index (χ1v) is 10.4. The van der Waals surface area contributed by atoms with Crippen molar-refractivity contribution in [2.24, 2.45) is 0 Å². The van der Waals surface area contributed by atoms with Crippen molar-refractivity contribution in [2.45, 2.75) is 26.9 Å². The molecule has 1 N–H and O–H groups in total. The van der Waals surface area contributed by atoms with Gasteiger partial charge in [0.05, 0.1) is 40.0 Å². The van der Waals surface area contributed by atoms with Crippen LogP contribution in [0.3, 0.4) is 0 Å². The zero-order valence-corrected chi connectivity index (χ0v) is 19.0. The summed E-state index contributed by atoms with van der Waals surface area (Å²) in [4.78, 5) is 23.3. The molecule has 0 aliphatic heterocycles. The fourth-order valence-electron chi connectivity index (χ4n) is 3.18. The second-order valence-corrected chi connectivity index (χ2v) is 8.05. The van der Waals surface area contributed by atoms with Gasteiger partial charge in [0.15, 0.2) is 11.5 Å². The molecule has 0 radical (unpaired) electrons. The lowest BCUT2D eigenvalue weighted by molar-refractivity contribution is -0.389. The van der Waals surface area contributed by atoms with E-state index in [4.69, 9.17) is 4.52 Å². The predicted molar refractivity (Wildman–Crippen MR) is 117 cm³/mol. The normalized spacial score (nSPS) is 11.0. The van der Waals surface area contributed by atoms with Gasteiger partial charge >= 0.3 is 5.82 Å². The first kappa shape index (κ1) is 22.3. The Kier molecular flexibility index (Phi) is 6.05. The highest BCUT2D eigenvalue weighted by Crippen LogP contribution is 2.24. The fraction of sp³-hybridized carbons (Fsp3) is 0.200. The largest absolute Gasteiger partial charge is 0.390 e. The second-order valence-electron chi connectivity index (χ2n) is 7.19. The molecule has 4 rings (SSSR count). The number of aryl methyl sites for hydroxylation is 2. The molecular formula is C20H17BrFN7O4. The van der Waals surface area contributed by atoms with Crippen LogP contribution in [0.25, 0.3) is 0 Å². The third-order valence-electron chi connectivity index (χ3n) is 4.90. The summed E-state index contributed by atoms with van der Waals surface area (Å²) in [5.41, 5.74) is 1.42.